The normalized spacial score (nSPS) is 20.5. The monoisotopic (exact) mass is 283 g/mol. The zero-order valence-electron chi connectivity index (χ0n) is 11.9. The van der Waals surface area contributed by atoms with Crippen molar-refractivity contribution in [3.05, 3.63) is 59.2 Å². The molecule has 1 aliphatic rings. The zero-order chi connectivity index (χ0) is 15.2. The van der Waals surface area contributed by atoms with Crippen LogP contribution in [0.1, 0.15) is 36.5 Å². The first-order valence-electron chi connectivity index (χ1n) is 6.91. The third-order valence-corrected chi connectivity index (χ3v) is 3.97. The van der Waals surface area contributed by atoms with E-state index >= 15 is 0 Å². The Kier molecular flexibility index (Phi) is 2.99. The van der Waals surface area contributed by atoms with Crippen LogP contribution in [0.25, 0.3) is 0 Å². The summed E-state index contributed by atoms with van der Waals surface area (Å²) in [4.78, 5) is 12.3. The lowest BCUT2D eigenvalue weighted by molar-refractivity contribution is -0.129. The third-order valence-electron chi connectivity index (χ3n) is 3.97. The molecule has 0 fully saturated rings. The average molecular weight is 283 g/mol. The van der Waals surface area contributed by atoms with Crippen LogP contribution in [0.2, 0.25) is 0 Å². The summed E-state index contributed by atoms with van der Waals surface area (Å²) in [6, 6.07) is 12.0. The summed E-state index contributed by atoms with van der Waals surface area (Å²) in [5, 5.41) is 23.8. The molecule has 1 atom stereocenters. The topological polar surface area (TPSA) is 69.6 Å². The zero-order valence-corrected chi connectivity index (χ0v) is 11.9. The van der Waals surface area contributed by atoms with Crippen molar-refractivity contribution in [2.24, 2.45) is 0 Å². The summed E-state index contributed by atoms with van der Waals surface area (Å²) in [6.07, 6.45) is 0. The van der Waals surface area contributed by atoms with E-state index in [9.17, 15) is 15.0 Å². The Hall–Kier alpha value is -2.33. The second-order valence-corrected chi connectivity index (χ2v) is 5.64. The van der Waals surface area contributed by atoms with Crippen LogP contribution in [0.3, 0.4) is 0 Å². The van der Waals surface area contributed by atoms with Crippen LogP contribution in [0, 0.1) is 0 Å². The predicted octanol–water partition coefficient (Wildman–Crippen LogP) is 2.70. The quantitative estimate of drug-likeness (QED) is 0.793. The smallest absolute Gasteiger partial charge is 0.266 e. The molecule has 3 N–H and O–H groups in total. The highest BCUT2D eigenvalue weighted by Crippen LogP contribution is 2.44. The second kappa shape index (κ2) is 4.60. The molecule has 4 heteroatoms. The lowest BCUT2D eigenvalue weighted by Gasteiger charge is -2.23. The summed E-state index contributed by atoms with van der Waals surface area (Å²) in [7, 11) is 0. The van der Waals surface area contributed by atoms with Crippen LogP contribution in [-0.4, -0.2) is 16.1 Å². The van der Waals surface area contributed by atoms with E-state index in [2.05, 4.69) is 5.32 Å². The number of fused-ring (bicyclic) bond motifs is 1. The van der Waals surface area contributed by atoms with E-state index in [-0.39, 0.29) is 17.2 Å². The van der Waals surface area contributed by atoms with Crippen molar-refractivity contribution in [2.75, 3.05) is 5.32 Å². The van der Waals surface area contributed by atoms with Gasteiger partial charge in [-0.25, -0.2) is 0 Å². The first kappa shape index (κ1) is 13.6. The fourth-order valence-corrected chi connectivity index (χ4v) is 2.72. The number of phenolic OH excluding ortho intramolecular Hbond substituents is 1. The van der Waals surface area contributed by atoms with Gasteiger partial charge in [0.2, 0.25) is 0 Å². The largest absolute Gasteiger partial charge is 0.508 e. The molecular weight excluding hydrogens is 266 g/mol. The molecule has 0 radical (unpaired) electrons. The number of para-hydroxylation sites is 1. The number of hydrogen-bond donors (Lipinski definition) is 3. The van der Waals surface area contributed by atoms with Crippen molar-refractivity contribution in [1.82, 2.24) is 0 Å². The minimum atomic E-state index is -1.85. The molecule has 108 valence electrons. The molecule has 0 saturated carbocycles. The van der Waals surface area contributed by atoms with Crippen LogP contribution in [0.5, 0.6) is 5.75 Å². The number of carbonyl (C=O) groups excluding carboxylic acids is 1. The van der Waals surface area contributed by atoms with Gasteiger partial charge >= 0.3 is 0 Å². The molecule has 0 aliphatic carbocycles. The molecule has 0 unspecified atom stereocenters. The number of carbonyl (C=O) groups is 1. The Morgan fingerprint density at radius 1 is 1.10 bits per heavy atom. The number of rotatable bonds is 2. The molecule has 0 aromatic heterocycles. The van der Waals surface area contributed by atoms with Crippen LogP contribution in [0.4, 0.5) is 5.69 Å². The molecule has 3 rings (SSSR count). The van der Waals surface area contributed by atoms with Crippen molar-refractivity contribution in [2.45, 2.75) is 25.4 Å². The molecule has 0 saturated heterocycles. The summed E-state index contributed by atoms with van der Waals surface area (Å²) >= 11 is 0. The summed E-state index contributed by atoms with van der Waals surface area (Å²) in [6.45, 7) is 4.03. The summed E-state index contributed by atoms with van der Waals surface area (Å²) in [5.74, 6) is -0.365. The Bertz CT molecular complexity index is 724. The van der Waals surface area contributed by atoms with Gasteiger partial charge in [-0.2, -0.15) is 0 Å². The van der Waals surface area contributed by atoms with Gasteiger partial charge in [0.15, 0.2) is 5.60 Å². The molecule has 2 aromatic rings. The van der Waals surface area contributed by atoms with Gasteiger partial charge in [0.1, 0.15) is 5.75 Å². The lowest BCUT2D eigenvalue weighted by atomic mass is 9.85. The Morgan fingerprint density at radius 2 is 1.81 bits per heavy atom. The molecule has 1 aliphatic heterocycles. The number of anilines is 1. The van der Waals surface area contributed by atoms with Crippen LogP contribution in [0.15, 0.2) is 42.5 Å². The maximum absolute atomic E-state index is 12.3. The van der Waals surface area contributed by atoms with Crippen molar-refractivity contribution < 1.29 is 15.0 Å². The third kappa shape index (κ3) is 1.91. The summed E-state index contributed by atoms with van der Waals surface area (Å²) in [5.41, 5.74) is 0.330. The van der Waals surface area contributed by atoms with Crippen molar-refractivity contribution >= 4 is 11.6 Å². The Morgan fingerprint density at radius 3 is 2.48 bits per heavy atom. The maximum atomic E-state index is 12.3. The highest BCUT2D eigenvalue weighted by Gasteiger charge is 2.48. The Balaban J connectivity index is 2.18. The SMILES string of the molecule is CC(C)c1ccc([C@@]2(O)C(=O)Nc3ccccc32)c(O)c1. The van der Waals surface area contributed by atoms with E-state index in [1.165, 1.54) is 0 Å². The van der Waals surface area contributed by atoms with Gasteiger partial charge in [-0.3, -0.25) is 4.79 Å². The molecule has 4 nitrogen and oxygen atoms in total. The van der Waals surface area contributed by atoms with Gasteiger partial charge in [0, 0.05) is 16.8 Å². The van der Waals surface area contributed by atoms with Crippen LogP contribution < -0.4 is 5.32 Å². The number of benzene rings is 2. The van der Waals surface area contributed by atoms with Crippen molar-refractivity contribution in [3.8, 4) is 5.75 Å². The minimum absolute atomic E-state index is 0.0736. The summed E-state index contributed by atoms with van der Waals surface area (Å²) < 4.78 is 0. The van der Waals surface area contributed by atoms with Gasteiger partial charge < -0.3 is 15.5 Å². The van der Waals surface area contributed by atoms with Gasteiger partial charge in [-0.15, -0.1) is 0 Å². The van der Waals surface area contributed by atoms with E-state index in [1.807, 2.05) is 19.9 Å². The first-order chi connectivity index (χ1) is 9.94. The van der Waals surface area contributed by atoms with Gasteiger partial charge in [-0.1, -0.05) is 44.2 Å². The molecule has 1 amide bonds. The molecule has 0 spiro atoms. The Labute approximate surface area is 123 Å². The van der Waals surface area contributed by atoms with Crippen molar-refractivity contribution in [3.63, 3.8) is 0 Å². The van der Waals surface area contributed by atoms with Gasteiger partial charge in [0.25, 0.3) is 5.91 Å². The minimum Gasteiger partial charge on any atom is -0.508 e. The molecule has 21 heavy (non-hydrogen) atoms. The molecule has 1 heterocycles. The molecular formula is C17H17NO3. The number of phenols is 1. The van der Waals surface area contributed by atoms with E-state index < -0.39 is 11.5 Å². The number of amides is 1. The van der Waals surface area contributed by atoms with E-state index in [1.54, 1.807) is 36.4 Å². The van der Waals surface area contributed by atoms with Gasteiger partial charge in [0.05, 0.1) is 0 Å². The number of aliphatic hydroxyl groups is 1. The molecule has 0 bridgehead atoms. The highest BCUT2D eigenvalue weighted by molar-refractivity contribution is 6.07. The van der Waals surface area contributed by atoms with Crippen molar-refractivity contribution in [1.29, 1.82) is 0 Å². The maximum Gasteiger partial charge on any atom is 0.266 e. The first-order valence-corrected chi connectivity index (χ1v) is 6.91. The molecule has 2 aromatic carbocycles. The standard InChI is InChI=1S/C17H17NO3/c1-10(2)11-7-8-13(15(19)9-11)17(21)12-5-3-4-6-14(12)18-16(17)20/h3-10,19,21H,1-2H3,(H,18,20)/t17-/m1/s1. The fraction of sp³-hybridized carbons (Fsp3) is 0.235. The average Bonchev–Trinajstić information content (AvgIpc) is 2.71. The van der Waals surface area contributed by atoms with Crippen LogP contribution in [-0.2, 0) is 10.4 Å². The van der Waals surface area contributed by atoms with Crippen LogP contribution >= 0.6 is 0 Å². The number of aromatic hydroxyl groups is 1. The highest BCUT2D eigenvalue weighted by atomic mass is 16.3. The number of nitrogens with one attached hydrogen (secondary N) is 1. The predicted molar refractivity (Wildman–Crippen MR) is 80.3 cm³/mol. The lowest BCUT2D eigenvalue weighted by Crippen LogP contribution is -2.35. The fourth-order valence-electron chi connectivity index (χ4n) is 2.72. The number of hydrogen-bond acceptors (Lipinski definition) is 3. The van der Waals surface area contributed by atoms with E-state index in [4.69, 9.17) is 0 Å². The van der Waals surface area contributed by atoms with Gasteiger partial charge in [-0.05, 0) is 23.6 Å². The van der Waals surface area contributed by atoms with E-state index in [0.717, 1.165) is 5.56 Å². The van der Waals surface area contributed by atoms with E-state index in [0.29, 0.717) is 11.3 Å². The second-order valence-electron chi connectivity index (χ2n) is 5.64.